The van der Waals surface area contributed by atoms with Crippen LogP contribution in [-0.4, -0.2) is 0 Å². The van der Waals surface area contributed by atoms with Crippen LogP contribution in [0.2, 0.25) is 0 Å². The minimum atomic E-state index is 1.25. The Labute approximate surface area is 198 Å². The SMILES string of the molecule is c1ccc2cc(-c3ccc(-c4c5ccccc5cc5ccccc45)c4ccccc34)ccc2c1. The van der Waals surface area contributed by atoms with E-state index in [9.17, 15) is 0 Å². The Balaban J connectivity index is 1.56. The second-order valence-electron chi connectivity index (χ2n) is 8.96. The van der Waals surface area contributed by atoms with Crippen LogP contribution >= 0.6 is 0 Å². The van der Waals surface area contributed by atoms with E-state index in [2.05, 4.69) is 133 Å². The average molecular weight is 431 g/mol. The van der Waals surface area contributed by atoms with E-state index in [1.807, 2.05) is 0 Å². The fourth-order valence-electron chi connectivity index (χ4n) is 5.43. The van der Waals surface area contributed by atoms with Crippen molar-refractivity contribution in [3.05, 3.63) is 133 Å². The molecule has 0 bridgehead atoms. The Bertz CT molecular complexity index is 1800. The quantitative estimate of drug-likeness (QED) is 0.239. The third-order valence-electron chi connectivity index (χ3n) is 7.03. The van der Waals surface area contributed by atoms with Crippen molar-refractivity contribution in [1.82, 2.24) is 0 Å². The van der Waals surface area contributed by atoms with Gasteiger partial charge in [0.1, 0.15) is 0 Å². The zero-order valence-corrected chi connectivity index (χ0v) is 18.7. The predicted molar refractivity (Wildman–Crippen MR) is 147 cm³/mol. The highest BCUT2D eigenvalue weighted by Gasteiger charge is 2.14. The highest BCUT2D eigenvalue weighted by molar-refractivity contribution is 6.18. The van der Waals surface area contributed by atoms with E-state index in [1.54, 1.807) is 0 Å². The molecule has 7 rings (SSSR count). The van der Waals surface area contributed by atoms with Gasteiger partial charge in [0.15, 0.2) is 0 Å². The lowest BCUT2D eigenvalue weighted by Gasteiger charge is -2.16. The summed E-state index contributed by atoms with van der Waals surface area (Å²) in [4.78, 5) is 0. The first-order chi connectivity index (χ1) is 16.9. The topological polar surface area (TPSA) is 0 Å². The second-order valence-corrected chi connectivity index (χ2v) is 8.96. The van der Waals surface area contributed by atoms with Crippen molar-refractivity contribution in [2.24, 2.45) is 0 Å². The van der Waals surface area contributed by atoms with Crippen LogP contribution in [0.4, 0.5) is 0 Å². The molecule has 0 aliphatic heterocycles. The van der Waals surface area contributed by atoms with Gasteiger partial charge < -0.3 is 0 Å². The maximum atomic E-state index is 2.32. The number of hydrogen-bond donors (Lipinski definition) is 0. The Morgan fingerprint density at radius 2 is 0.794 bits per heavy atom. The van der Waals surface area contributed by atoms with Crippen LogP contribution in [0.15, 0.2) is 133 Å². The molecule has 0 saturated heterocycles. The lowest BCUT2D eigenvalue weighted by molar-refractivity contribution is 1.67. The van der Waals surface area contributed by atoms with Gasteiger partial charge in [-0.15, -0.1) is 0 Å². The molecular formula is C34H22. The Kier molecular flexibility index (Phi) is 4.25. The first-order valence-electron chi connectivity index (χ1n) is 11.8. The fourth-order valence-corrected chi connectivity index (χ4v) is 5.43. The Hall–Kier alpha value is -4.42. The molecule has 0 aliphatic rings. The average Bonchev–Trinajstić information content (AvgIpc) is 2.91. The molecule has 0 saturated carbocycles. The number of rotatable bonds is 2. The largest absolute Gasteiger partial charge is 0.0616 e. The van der Waals surface area contributed by atoms with Crippen LogP contribution in [0.3, 0.4) is 0 Å². The number of hydrogen-bond acceptors (Lipinski definition) is 0. The maximum absolute atomic E-state index is 2.32. The van der Waals surface area contributed by atoms with Gasteiger partial charge in [-0.3, -0.25) is 0 Å². The van der Waals surface area contributed by atoms with Crippen molar-refractivity contribution < 1.29 is 0 Å². The van der Waals surface area contributed by atoms with Crippen molar-refractivity contribution in [3.63, 3.8) is 0 Å². The van der Waals surface area contributed by atoms with Gasteiger partial charge >= 0.3 is 0 Å². The van der Waals surface area contributed by atoms with E-state index in [4.69, 9.17) is 0 Å². The molecule has 0 aliphatic carbocycles. The monoisotopic (exact) mass is 430 g/mol. The maximum Gasteiger partial charge on any atom is -0.00206 e. The second kappa shape index (κ2) is 7.57. The van der Waals surface area contributed by atoms with E-state index in [0.29, 0.717) is 0 Å². The summed E-state index contributed by atoms with van der Waals surface area (Å²) in [6, 6.07) is 48.6. The summed E-state index contributed by atoms with van der Waals surface area (Å²) in [6.45, 7) is 0. The molecule has 0 heteroatoms. The van der Waals surface area contributed by atoms with Gasteiger partial charge in [0.25, 0.3) is 0 Å². The molecule has 0 nitrogen and oxygen atoms in total. The highest BCUT2D eigenvalue weighted by Crippen LogP contribution is 2.42. The van der Waals surface area contributed by atoms with Gasteiger partial charge in [-0.2, -0.15) is 0 Å². The van der Waals surface area contributed by atoms with E-state index in [1.165, 1.54) is 65.3 Å². The van der Waals surface area contributed by atoms with Crippen LogP contribution in [0.5, 0.6) is 0 Å². The van der Waals surface area contributed by atoms with Crippen LogP contribution in [0.25, 0.3) is 65.3 Å². The van der Waals surface area contributed by atoms with Crippen molar-refractivity contribution in [3.8, 4) is 22.3 Å². The first kappa shape index (κ1) is 19.1. The van der Waals surface area contributed by atoms with Gasteiger partial charge in [-0.1, -0.05) is 121 Å². The summed E-state index contributed by atoms with van der Waals surface area (Å²) < 4.78 is 0. The van der Waals surface area contributed by atoms with Crippen molar-refractivity contribution in [1.29, 1.82) is 0 Å². The molecule has 34 heavy (non-hydrogen) atoms. The molecule has 7 aromatic carbocycles. The summed E-state index contributed by atoms with van der Waals surface area (Å²) in [5, 5.41) is 10.3. The highest BCUT2D eigenvalue weighted by atomic mass is 14.2. The van der Waals surface area contributed by atoms with Gasteiger partial charge in [-0.25, -0.2) is 0 Å². The van der Waals surface area contributed by atoms with E-state index in [0.717, 1.165) is 0 Å². The van der Waals surface area contributed by atoms with E-state index in [-0.39, 0.29) is 0 Å². The molecular weight excluding hydrogens is 408 g/mol. The summed E-state index contributed by atoms with van der Waals surface area (Å²) in [5.74, 6) is 0. The molecule has 0 radical (unpaired) electrons. The molecule has 0 aromatic heterocycles. The van der Waals surface area contributed by atoms with Gasteiger partial charge in [0.2, 0.25) is 0 Å². The minimum Gasteiger partial charge on any atom is -0.0616 e. The lowest BCUT2D eigenvalue weighted by Crippen LogP contribution is -1.89. The van der Waals surface area contributed by atoms with E-state index >= 15 is 0 Å². The van der Waals surface area contributed by atoms with Crippen LogP contribution < -0.4 is 0 Å². The van der Waals surface area contributed by atoms with Crippen molar-refractivity contribution in [2.75, 3.05) is 0 Å². The lowest BCUT2D eigenvalue weighted by atomic mass is 9.87. The minimum absolute atomic E-state index is 1.25. The van der Waals surface area contributed by atoms with Gasteiger partial charge in [0.05, 0.1) is 0 Å². The third kappa shape index (κ3) is 2.93. The van der Waals surface area contributed by atoms with Crippen LogP contribution in [0, 0.1) is 0 Å². The summed E-state index contributed by atoms with van der Waals surface area (Å²) in [7, 11) is 0. The van der Waals surface area contributed by atoms with Gasteiger partial charge in [0, 0.05) is 0 Å². The third-order valence-corrected chi connectivity index (χ3v) is 7.03. The zero-order valence-electron chi connectivity index (χ0n) is 18.7. The molecule has 0 unspecified atom stereocenters. The molecule has 158 valence electrons. The molecule has 0 atom stereocenters. The zero-order chi connectivity index (χ0) is 22.5. The summed E-state index contributed by atoms with van der Waals surface area (Å²) in [5.41, 5.74) is 5.13. The number of fused-ring (bicyclic) bond motifs is 4. The summed E-state index contributed by atoms with van der Waals surface area (Å²) in [6.07, 6.45) is 0. The molecule has 0 amide bonds. The Morgan fingerprint density at radius 3 is 1.47 bits per heavy atom. The van der Waals surface area contributed by atoms with Crippen molar-refractivity contribution in [2.45, 2.75) is 0 Å². The molecule has 7 aromatic rings. The van der Waals surface area contributed by atoms with Crippen LogP contribution in [-0.2, 0) is 0 Å². The Morgan fingerprint density at radius 1 is 0.294 bits per heavy atom. The van der Waals surface area contributed by atoms with Crippen LogP contribution in [0.1, 0.15) is 0 Å². The molecule has 0 N–H and O–H groups in total. The van der Waals surface area contributed by atoms with Crippen molar-refractivity contribution >= 4 is 43.1 Å². The molecule has 0 heterocycles. The summed E-state index contributed by atoms with van der Waals surface area (Å²) >= 11 is 0. The first-order valence-corrected chi connectivity index (χ1v) is 11.8. The fraction of sp³-hybridized carbons (Fsp3) is 0. The standard InChI is InChI=1S/C34H22/c1-2-10-24-21-27(18-17-23(24)9-1)28-19-20-33(32-16-8-7-15-31(28)32)34-29-13-5-3-11-25(29)22-26-12-4-6-14-30(26)34/h1-22H. The molecule has 0 fully saturated rings. The molecule has 0 spiro atoms. The van der Waals surface area contributed by atoms with E-state index < -0.39 is 0 Å². The smallest absolute Gasteiger partial charge is 0.00206 e. The predicted octanol–water partition coefficient (Wildman–Crippen LogP) is 9.63. The van der Waals surface area contributed by atoms with Gasteiger partial charge in [-0.05, 0) is 77.5 Å². The normalized spacial score (nSPS) is 11.5. The number of benzene rings is 7.